The number of benzene rings is 1. The van der Waals surface area contributed by atoms with Crippen molar-refractivity contribution in [2.24, 2.45) is 5.92 Å². The molecule has 1 aromatic rings. The van der Waals surface area contributed by atoms with Crippen molar-refractivity contribution in [3.63, 3.8) is 0 Å². The Kier molecular flexibility index (Phi) is 2.87. The van der Waals surface area contributed by atoms with Crippen LogP contribution in [0.4, 0.5) is 5.69 Å². The van der Waals surface area contributed by atoms with E-state index >= 15 is 0 Å². The van der Waals surface area contributed by atoms with E-state index in [1.54, 1.807) is 23.9 Å². The topological polar surface area (TPSA) is 55.4 Å². The summed E-state index contributed by atoms with van der Waals surface area (Å²) in [6.45, 7) is 2.07. The molecule has 1 aliphatic carbocycles. The van der Waals surface area contributed by atoms with Gasteiger partial charge in [-0.1, -0.05) is 25.1 Å². The maximum Gasteiger partial charge on any atom is 0.205 e. The standard InChI is InChI=1S/C15H15NO3S2/c1-9-10(6-7-12-14(9)20-8-19-12)15-16-11-4-2-3-5-13(11)21(15,17)18/h2-7,9,14-16H,8H2,1H3. The Hall–Kier alpha value is -1.40. The third kappa shape index (κ3) is 1.85. The summed E-state index contributed by atoms with van der Waals surface area (Å²) in [5, 5.41) is 2.73. The molecular formula is C15H15NO3S2. The average Bonchev–Trinajstić information content (AvgIpc) is 3.04. The first kappa shape index (κ1) is 13.3. The van der Waals surface area contributed by atoms with Gasteiger partial charge in [-0.2, -0.15) is 0 Å². The van der Waals surface area contributed by atoms with Gasteiger partial charge in [0.15, 0.2) is 5.37 Å². The fourth-order valence-corrected chi connectivity index (χ4v) is 6.14. The lowest BCUT2D eigenvalue weighted by atomic mass is 9.91. The number of rotatable bonds is 1. The largest absolute Gasteiger partial charge is 0.486 e. The van der Waals surface area contributed by atoms with Gasteiger partial charge in [0, 0.05) is 0 Å². The molecule has 0 amide bonds. The summed E-state index contributed by atoms with van der Waals surface area (Å²) < 4.78 is 31.1. The number of allylic oxidation sites excluding steroid dienone is 2. The normalized spacial score (nSPS) is 32.3. The van der Waals surface area contributed by atoms with Gasteiger partial charge in [-0.15, -0.1) is 11.8 Å². The number of hydrogen-bond acceptors (Lipinski definition) is 5. The van der Waals surface area contributed by atoms with Crippen molar-refractivity contribution < 1.29 is 13.2 Å². The second-order valence-corrected chi connectivity index (χ2v) is 8.52. The fourth-order valence-electron chi connectivity index (χ4n) is 3.15. The highest BCUT2D eigenvalue weighted by Crippen LogP contribution is 2.45. The van der Waals surface area contributed by atoms with Crippen LogP contribution >= 0.6 is 11.8 Å². The molecule has 3 atom stereocenters. The van der Waals surface area contributed by atoms with Crippen LogP contribution in [0.5, 0.6) is 0 Å². The quantitative estimate of drug-likeness (QED) is 0.862. The molecule has 1 N–H and O–H groups in total. The molecule has 0 saturated carbocycles. The van der Waals surface area contributed by atoms with E-state index in [0.717, 1.165) is 11.3 Å². The number of anilines is 1. The van der Waals surface area contributed by atoms with Crippen molar-refractivity contribution in [1.82, 2.24) is 0 Å². The molecule has 1 aromatic carbocycles. The Labute approximate surface area is 128 Å². The summed E-state index contributed by atoms with van der Waals surface area (Å²) >= 11 is 1.73. The van der Waals surface area contributed by atoms with Gasteiger partial charge in [-0.3, -0.25) is 0 Å². The van der Waals surface area contributed by atoms with Crippen LogP contribution in [0, 0.1) is 5.92 Å². The van der Waals surface area contributed by atoms with Crippen LogP contribution in [-0.2, 0) is 14.6 Å². The number of sulfone groups is 1. The lowest BCUT2D eigenvalue weighted by molar-refractivity contribution is 0.272. The maximum absolute atomic E-state index is 12.8. The molecule has 1 saturated heterocycles. The predicted octanol–water partition coefficient (Wildman–Crippen LogP) is 2.76. The van der Waals surface area contributed by atoms with Crippen LogP contribution in [0.3, 0.4) is 0 Å². The average molecular weight is 321 g/mol. The van der Waals surface area contributed by atoms with E-state index in [2.05, 4.69) is 12.2 Å². The molecule has 4 rings (SSSR count). The van der Waals surface area contributed by atoms with Gasteiger partial charge in [0.2, 0.25) is 9.84 Å². The zero-order valence-electron chi connectivity index (χ0n) is 11.4. The van der Waals surface area contributed by atoms with E-state index in [4.69, 9.17) is 4.74 Å². The first-order valence-corrected chi connectivity index (χ1v) is 9.44. The molecule has 3 unspecified atom stereocenters. The van der Waals surface area contributed by atoms with Gasteiger partial charge in [-0.25, -0.2) is 8.42 Å². The van der Waals surface area contributed by atoms with Crippen molar-refractivity contribution in [3.05, 3.63) is 47.7 Å². The molecule has 21 heavy (non-hydrogen) atoms. The summed E-state index contributed by atoms with van der Waals surface area (Å²) in [6.07, 6.45) is 3.82. The highest BCUT2D eigenvalue weighted by atomic mass is 32.2. The van der Waals surface area contributed by atoms with Gasteiger partial charge in [0.25, 0.3) is 0 Å². The van der Waals surface area contributed by atoms with Crippen molar-refractivity contribution in [1.29, 1.82) is 0 Å². The van der Waals surface area contributed by atoms with Crippen LogP contribution in [0.25, 0.3) is 0 Å². The third-order valence-electron chi connectivity index (χ3n) is 4.27. The van der Waals surface area contributed by atoms with Crippen LogP contribution < -0.4 is 5.32 Å². The first-order valence-electron chi connectivity index (χ1n) is 6.84. The molecule has 2 aliphatic heterocycles. The Morgan fingerprint density at radius 2 is 2.10 bits per heavy atom. The van der Waals surface area contributed by atoms with Crippen LogP contribution in [-0.4, -0.2) is 25.0 Å². The Morgan fingerprint density at radius 3 is 2.90 bits per heavy atom. The summed E-state index contributed by atoms with van der Waals surface area (Å²) in [5.41, 5.74) is 1.61. The van der Waals surface area contributed by atoms with E-state index in [-0.39, 0.29) is 11.2 Å². The molecule has 0 aromatic heterocycles. The zero-order chi connectivity index (χ0) is 14.6. The van der Waals surface area contributed by atoms with E-state index in [0.29, 0.717) is 16.5 Å². The minimum atomic E-state index is -3.37. The van der Waals surface area contributed by atoms with Crippen molar-refractivity contribution in [2.75, 3.05) is 11.3 Å². The van der Waals surface area contributed by atoms with Gasteiger partial charge >= 0.3 is 0 Å². The number of fused-ring (bicyclic) bond motifs is 2. The Balaban J connectivity index is 1.76. The SMILES string of the molecule is CC1C(C2Nc3ccccc3S2(=O)=O)=CC=C2OCSC21. The minimum Gasteiger partial charge on any atom is -0.486 e. The number of nitrogens with one attached hydrogen (secondary N) is 1. The monoisotopic (exact) mass is 321 g/mol. The first-order chi connectivity index (χ1) is 10.1. The lowest BCUT2D eigenvalue weighted by Gasteiger charge is -2.28. The van der Waals surface area contributed by atoms with Crippen molar-refractivity contribution in [3.8, 4) is 0 Å². The summed E-state index contributed by atoms with van der Waals surface area (Å²) in [5.74, 6) is 1.75. The van der Waals surface area contributed by atoms with Gasteiger partial charge in [0.1, 0.15) is 11.7 Å². The number of thioether (sulfide) groups is 1. The third-order valence-corrected chi connectivity index (χ3v) is 7.50. The van der Waals surface area contributed by atoms with Crippen LogP contribution in [0.1, 0.15) is 6.92 Å². The molecule has 0 bridgehead atoms. The zero-order valence-corrected chi connectivity index (χ0v) is 13.1. The maximum atomic E-state index is 12.8. The van der Waals surface area contributed by atoms with Crippen molar-refractivity contribution >= 4 is 27.3 Å². The fraction of sp³-hybridized carbons (Fsp3) is 0.333. The minimum absolute atomic E-state index is 0.138. The lowest BCUT2D eigenvalue weighted by Crippen LogP contribution is -2.33. The molecule has 2 heterocycles. The smallest absolute Gasteiger partial charge is 0.205 e. The van der Waals surface area contributed by atoms with E-state index in [1.807, 2.05) is 24.3 Å². The van der Waals surface area contributed by atoms with Gasteiger partial charge in [-0.05, 0) is 29.7 Å². The highest BCUT2D eigenvalue weighted by molar-refractivity contribution is 8.00. The molecule has 6 heteroatoms. The molecule has 4 nitrogen and oxygen atoms in total. The molecule has 0 spiro atoms. The van der Waals surface area contributed by atoms with Gasteiger partial charge < -0.3 is 10.1 Å². The Bertz CT molecular complexity index is 767. The molecule has 0 radical (unpaired) electrons. The van der Waals surface area contributed by atoms with Gasteiger partial charge in [0.05, 0.1) is 15.8 Å². The molecular weight excluding hydrogens is 306 g/mol. The second kappa shape index (κ2) is 4.55. The second-order valence-electron chi connectivity index (χ2n) is 5.44. The van der Waals surface area contributed by atoms with E-state index < -0.39 is 15.2 Å². The van der Waals surface area contributed by atoms with E-state index in [9.17, 15) is 8.42 Å². The van der Waals surface area contributed by atoms with E-state index in [1.165, 1.54) is 0 Å². The predicted molar refractivity (Wildman–Crippen MR) is 83.7 cm³/mol. The van der Waals surface area contributed by atoms with Crippen LogP contribution in [0.2, 0.25) is 0 Å². The van der Waals surface area contributed by atoms with Crippen LogP contribution in [0.15, 0.2) is 52.6 Å². The molecule has 3 aliphatic rings. The summed E-state index contributed by atoms with van der Waals surface area (Å²) in [7, 11) is -3.37. The Morgan fingerprint density at radius 1 is 1.29 bits per heavy atom. The highest BCUT2D eigenvalue weighted by Gasteiger charge is 2.44. The molecule has 1 fully saturated rings. The van der Waals surface area contributed by atoms with Crippen molar-refractivity contribution in [2.45, 2.75) is 22.4 Å². The summed E-state index contributed by atoms with van der Waals surface area (Å²) in [4.78, 5) is 0.396. The summed E-state index contributed by atoms with van der Waals surface area (Å²) in [6, 6.07) is 7.09. The number of ether oxygens (including phenoxy) is 1. The number of hydrogen-bond donors (Lipinski definition) is 1. The number of para-hydroxylation sites is 1. The molecule has 110 valence electrons.